The van der Waals surface area contributed by atoms with Gasteiger partial charge in [-0.15, -0.1) is 0 Å². The molecule has 2 amide bonds. The number of para-hydroxylation sites is 1. The molecular weight excluding hydrogens is 342 g/mol. The van der Waals surface area contributed by atoms with Gasteiger partial charge < -0.3 is 20.6 Å². The molecule has 0 radical (unpaired) electrons. The summed E-state index contributed by atoms with van der Waals surface area (Å²) in [5.74, 6) is 0.216. The number of hydrogen-bond donors (Lipinski definition) is 3. The van der Waals surface area contributed by atoms with E-state index in [2.05, 4.69) is 17.6 Å². The average Bonchev–Trinajstić information content (AvgIpc) is 3.13. The zero-order chi connectivity index (χ0) is 19.8. The molecule has 1 aromatic carbocycles. The second kappa shape index (κ2) is 10.3. The van der Waals surface area contributed by atoms with Gasteiger partial charge in [0.1, 0.15) is 11.8 Å². The molecule has 1 saturated heterocycles. The summed E-state index contributed by atoms with van der Waals surface area (Å²) in [5.41, 5.74) is 0.756. The highest BCUT2D eigenvalue weighted by Gasteiger charge is 2.37. The number of unbranched alkanes of at least 4 members (excludes halogenated alkanes) is 1. The largest absolute Gasteiger partial charge is 0.508 e. The number of phenolic OH excluding ortho intramolecular Hbond substituents is 1. The molecule has 0 bridgehead atoms. The first-order chi connectivity index (χ1) is 13.0. The zero-order valence-electron chi connectivity index (χ0n) is 16.7. The van der Waals surface area contributed by atoms with Crippen LogP contribution in [0.1, 0.15) is 52.0 Å². The number of benzene rings is 1. The fourth-order valence-corrected chi connectivity index (χ4v) is 3.48. The Morgan fingerprint density at radius 2 is 2.04 bits per heavy atom. The number of aromatic hydroxyl groups is 1. The summed E-state index contributed by atoms with van der Waals surface area (Å²) in [7, 11) is 0. The first-order valence-corrected chi connectivity index (χ1v) is 10.0. The topological polar surface area (TPSA) is 81.7 Å². The minimum absolute atomic E-state index is 0.0337. The molecule has 1 aliphatic heterocycles. The molecule has 2 rings (SSSR count). The summed E-state index contributed by atoms with van der Waals surface area (Å²) in [6.07, 6.45) is 3.54. The molecule has 0 saturated carbocycles. The number of nitrogens with zero attached hydrogens (tertiary/aromatic N) is 1. The number of rotatable bonds is 9. The number of carbonyl (C=O) groups excluding carboxylic acids is 2. The molecule has 0 aliphatic carbocycles. The SMILES string of the molecule is CCCCNC(=O)[C@@H]1CCCN1C(=O)[C@@H](NCc1ccccc1O)C(C)C. The fourth-order valence-electron chi connectivity index (χ4n) is 3.48. The van der Waals surface area contributed by atoms with Crippen molar-refractivity contribution in [3.63, 3.8) is 0 Å². The molecule has 1 heterocycles. The summed E-state index contributed by atoms with van der Waals surface area (Å²) in [4.78, 5) is 27.4. The van der Waals surface area contributed by atoms with Crippen LogP contribution in [-0.4, -0.2) is 47.0 Å². The van der Waals surface area contributed by atoms with Crippen molar-refractivity contribution in [1.29, 1.82) is 0 Å². The highest BCUT2D eigenvalue weighted by atomic mass is 16.3. The Balaban J connectivity index is 2.02. The van der Waals surface area contributed by atoms with Crippen molar-refractivity contribution in [1.82, 2.24) is 15.5 Å². The van der Waals surface area contributed by atoms with E-state index in [1.54, 1.807) is 17.0 Å². The molecule has 27 heavy (non-hydrogen) atoms. The van der Waals surface area contributed by atoms with Crippen molar-refractivity contribution in [2.75, 3.05) is 13.1 Å². The van der Waals surface area contributed by atoms with Crippen molar-refractivity contribution in [2.45, 2.75) is 65.1 Å². The molecular formula is C21H33N3O3. The van der Waals surface area contributed by atoms with Crippen LogP contribution >= 0.6 is 0 Å². The fraction of sp³-hybridized carbons (Fsp3) is 0.619. The quantitative estimate of drug-likeness (QED) is 0.579. The Kier molecular flexibility index (Phi) is 8.10. The van der Waals surface area contributed by atoms with Crippen LogP contribution in [0.15, 0.2) is 24.3 Å². The molecule has 1 aromatic rings. The number of phenols is 1. The van der Waals surface area contributed by atoms with E-state index in [0.29, 0.717) is 26.1 Å². The van der Waals surface area contributed by atoms with Gasteiger partial charge in [0.25, 0.3) is 0 Å². The van der Waals surface area contributed by atoms with Gasteiger partial charge in [0, 0.05) is 25.2 Å². The molecule has 1 aliphatic rings. The van der Waals surface area contributed by atoms with Gasteiger partial charge in [-0.25, -0.2) is 0 Å². The summed E-state index contributed by atoms with van der Waals surface area (Å²) >= 11 is 0. The number of amides is 2. The zero-order valence-corrected chi connectivity index (χ0v) is 16.7. The van der Waals surface area contributed by atoms with Crippen LogP contribution < -0.4 is 10.6 Å². The predicted octanol–water partition coefficient (Wildman–Crippen LogP) is 2.41. The Bertz CT molecular complexity index is 633. The molecule has 6 heteroatoms. The van der Waals surface area contributed by atoms with Crippen molar-refractivity contribution in [2.24, 2.45) is 5.92 Å². The lowest BCUT2D eigenvalue weighted by atomic mass is 10.0. The van der Waals surface area contributed by atoms with E-state index < -0.39 is 6.04 Å². The van der Waals surface area contributed by atoms with Crippen molar-refractivity contribution in [3.8, 4) is 5.75 Å². The first-order valence-electron chi connectivity index (χ1n) is 10.0. The van der Waals surface area contributed by atoms with E-state index in [9.17, 15) is 14.7 Å². The van der Waals surface area contributed by atoms with Gasteiger partial charge in [-0.1, -0.05) is 45.4 Å². The third kappa shape index (κ3) is 5.70. The number of likely N-dealkylation sites (tertiary alicyclic amines) is 1. The maximum Gasteiger partial charge on any atom is 0.242 e. The van der Waals surface area contributed by atoms with E-state index in [4.69, 9.17) is 0 Å². The highest BCUT2D eigenvalue weighted by molar-refractivity contribution is 5.90. The summed E-state index contributed by atoms with van der Waals surface area (Å²) in [6, 6.07) is 6.34. The van der Waals surface area contributed by atoms with Crippen LogP contribution in [0.2, 0.25) is 0 Å². The lowest BCUT2D eigenvalue weighted by Crippen LogP contribution is -2.54. The monoisotopic (exact) mass is 375 g/mol. The summed E-state index contributed by atoms with van der Waals surface area (Å²) in [6.45, 7) is 7.75. The Hall–Kier alpha value is -2.08. The minimum Gasteiger partial charge on any atom is -0.508 e. The van der Waals surface area contributed by atoms with Crippen molar-refractivity contribution < 1.29 is 14.7 Å². The minimum atomic E-state index is -0.395. The van der Waals surface area contributed by atoms with Crippen LogP contribution in [0.4, 0.5) is 0 Å². The number of hydrogen-bond acceptors (Lipinski definition) is 4. The van der Waals surface area contributed by atoms with Crippen molar-refractivity contribution >= 4 is 11.8 Å². The van der Waals surface area contributed by atoms with E-state index in [-0.39, 0.29) is 29.5 Å². The van der Waals surface area contributed by atoms with Gasteiger partial charge in [-0.05, 0) is 31.2 Å². The molecule has 6 nitrogen and oxygen atoms in total. The molecule has 0 spiro atoms. The van der Waals surface area contributed by atoms with Gasteiger partial charge in [-0.2, -0.15) is 0 Å². The summed E-state index contributed by atoms with van der Waals surface area (Å²) < 4.78 is 0. The van der Waals surface area contributed by atoms with Gasteiger partial charge in [-0.3, -0.25) is 9.59 Å². The Morgan fingerprint density at radius 3 is 2.70 bits per heavy atom. The normalized spacial score (nSPS) is 17.9. The van der Waals surface area contributed by atoms with Gasteiger partial charge in [0.2, 0.25) is 11.8 Å². The molecule has 150 valence electrons. The van der Waals surface area contributed by atoms with Crippen molar-refractivity contribution in [3.05, 3.63) is 29.8 Å². The van der Waals surface area contributed by atoms with Crippen LogP contribution in [0.25, 0.3) is 0 Å². The third-order valence-corrected chi connectivity index (χ3v) is 5.10. The molecule has 1 fully saturated rings. The second-order valence-electron chi connectivity index (χ2n) is 7.57. The van der Waals surface area contributed by atoms with Crippen LogP contribution in [-0.2, 0) is 16.1 Å². The first kappa shape index (κ1) is 21.2. The van der Waals surface area contributed by atoms with Gasteiger partial charge >= 0.3 is 0 Å². The van der Waals surface area contributed by atoms with E-state index in [1.807, 2.05) is 26.0 Å². The lowest BCUT2D eigenvalue weighted by molar-refractivity contribution is -0.140. The Morgan fingerprint density at radius 1 is 1.30 bits per heavy atom. The number of nitrogens with one attached hydrogen (secondary N) is 2. The highest BCUT2D eigenvalue weighted by Crippen LogP contribution is 2.21. The maximum atomic E-state index is 13.2. The average molecular weight is 376 g/mol. The molecule has 2 atom stereocenters. The van der Waals surface area contributed by atoms with Crippen LogP contribution in [0, 0.1) is 5.92 Å². The van der Waals surface area contributed by atoms with Gasteiger partial charge in [0.15, 0.2) is 0 Å². The smallest absolute Gasteiger partial charge is 0.242 e. The molecule has 0 aromatic heterocycles. The van der Waals surface area contributed by atoms with Crippen LogP contribution in [0.5, 0.6) is 5.75 Å². The predicted molar refractivity (Wildman–Crippen MR) is 106 cm³/mol. The van der Waals surface area contributed by atoms with E-state index in [1.165, 1.54) is 0 Å². The standard InChI is InChI=1S/C21H33N3O3/c1-4-5-12-22-20(26)17-10-8-13-24(17)21(27)19(15(2)3)23-14-16-9-6-7-11-18(16)25/h6-7,9,11,15,17,19,23,25H,4-5,8,10,12-14H2,1-3H3,(H,22,26)/t17-,19-/m0/s1. The molecule has 0 unspecified atom stereocenters. The Labute approximate surface area is 162 Å². The molecule has 3 N–H and O–H groups in total. The van der Waals surface area contributed by atoms with E-state index in [0.717, 1.165) is 24.8 Å². The lowest BCUT2D eigenvalue weighted by Gasteiger charge is -2.30. The summed E-state index contributed by atoms with van der Waals surface area (Å²) in [5, 5.41) is 16.2. The van der Waals surface area contributed by atoms with Crippen LogP contribution in [0.3, 0.4) is 0 Å². The number of carbonyl (C=O) groups is 2. The second-order valence-corrected chi connectivity index (χ2v) is 7.57. The third-order valence-electron chi connectivity index (χ3n) is 5.10. The van der Waals surface area contributed by atoms with Gasteiger partial charge in [0.05, 0.1) is 6.04 Å². The van der Waals surface area contributed by atoms with E-state index >= 15 is 0 Å². The maximum absolute atomic E-state index is 13.2.